The van der Waals surface area contributed by atoms with E-state index in [2.05, 4.69) is 5.32 Å². The first-order valence-electron chi connectivity index (χ1n) is 10.9. The van der Waals surface area contributed by atoms with Crippen molar-refractivity contribution in [1.29, 1.82) is 0 Å². The highest BCUT2D eigenvalue weighted by molar-refractivity contribution is 6.24. The number of carbonyl (C=O) groups excluding carboxylic acids is 2. The maximum atomic E-state index is 13.6. The first kappa shape index (κ1) is 23.2. The number of carboxylic acid groups (broad SMARTS) is 2. The zero-order chi connectivity index (χ0) is 25.8. The molecule has 0 spiro atoms. The zero-order valence-corrected chi connectivity index (χ0v) is 18.4. The number of rotatable bonds is 6. The molecule has 0 bridgehead atoms. The topological polar surface area (TPSA) is 186 Å². The van der Waals surface area contributed by atoms with Crippen LogP contribution in [0.25, 0.3) is 0 Å². The van der Waals surface area contributed by atoms with Gasteiger partial charge < -0.3 is 19.7 Å². The lowest BCUT2D eigenvalue weighted by molar-refractivity contribution is -0.384. The van der Waals surface area contributed by atoms with Crippen LogP contribution in [0.15, 0.2) is 42.5 Å². The largest absolute Gasteiger partial charge is 0.486 e. The molecule has 3 N–H and O–H groups in total. The number of nitrogens with one attached hydrogen (secondary N) is 1. The van der Waals surface area contributed by atoms with Crippen LogP contribution < -0.4 is 19.7 Å². The molecule has 2 aromatic carbocycles. The van der Waals surface area contributed by atoms with Crippen molar-refractivity contribution >= 4 is 35.1 Å². The fourth-order valence-corrected chi connectivity index (χ4v) is 5.22. The first-order valence-corrected chi connectivity index (χ1v) is 10.9. The summed E-state index contributed by atoms with van der Waals surface area (Å²) in [4.78, 5) is 62.7. The van der Waals surface area contributed by atoms with E-state index < -0.39 is 58.5 Å². The maximum Gasteiger partial charge on any atom is 0.325 e. The fourth-order valence-electron chi connectivity index (χ4n) is 5.22. The summed E-state index contributed by atoms with van der Waals surface area (Å²) in [7, 11) is 0. The zero-order valence-electron chi connectivity index (χ0n) is 18.4. The summed E-state index contributed by atoms with van der Waals surface area (Å²) in [6.45, 7) is 0.612. The second-order valence-corrected chi connectivity index (χ2v) is 8.66. The van der Waals surface area contributed by atoms with Gasteiger partial charge in [0, 0.05) is 18.2 Å². The minimum Gasteiger partial charge on any atom is -0.486 e. The third kappa shape index (κ3) is 3.43. The van der Waals surface area contributed by atoms with Gasteiger partial charge in [0.15, 0.2) is 11.5 Å². The minimum atomic E-state index is -2.31. The number of nitro benzene ring substituents is 1. The fraction of sp³-hybridized carbons (Fsp3) is 0.304. The molecule has 2 fully saturated rings. The molecule has 36 heavy (non-hydrogen) atoms. The Morgan fingerprint density at radius 2 is 1.81 bits per heavy atom. The number of fused-ring (bicyclic) bond motifs is 2. The SMILES string of the molecule is O=C(O)CC1(C(=O)O)NC(c2ccc3c(c2)OCCO3)C2C(=O)N(c3cccc([N+](=O)[O-])c3)C(=O)C21. The van der Waals surface area contributed by atoms with E-state index in [1.54, 1.807) is 18.2 Å². The van der Waals surface area contributed by atoms with Gasteiger partial charge in [-0.15, -0.1) is 0 Å². The molecule has 3 heterocycles. The predicted octanol–water partition coefficient (Wildman–Crippen LogP) is 1.11. The number of amides is 2. The number of hydrogen-bond acceptors (Lipinski definition) is 9. The highest BCUT2D eigenvalue weighted by Crippen LogP contribution is 2.52. The lowest BCUT2D eigenvalue weighted by atomic mass is 9.77. The van der Waals surface area contributed by atoms with Crippen molar-refractivity contribution in [3.05, 3.63) is 58.1 Å². The number of nitro groups is 1. The Morgan fingerprint density at radius 3 is 2.47 bits per heavy atom. The smallest absolute Gasteiger partial charge is 0.325 e. The molecule has 3 aliphatic heterocycles. The third-order valence-corrected chi connectivity index (χ3v) is 6.69. The normalized spacial score (nSPS) is 26.6. The van der Waals surface area contributed by atoms with E-state index in [-0.39, 0.29) is 18.0 Å². The van der Waals surface area contributed by atoms with Crippen molar-refractivity contribution in [2.75, 3.05) is 18.1 Å². The quantitative estimate of drug-likeness (QED) is 0.295. The van der Waals surface area contributed by atoms with Gasteiger partial charge in [0.1, 0.15) is 18.8 Å². The molecular weight excluding hydrogens is 478 g/mol. The molecule has 13 nitrogen and oxygen atoms in total. The molecule has 0 aromatic heterocycles. The average molecular weight is 497 g/mol. The molecule has 0 radical (unpaired) electrons. The molecule has 13 heteroatoms. The van der Waals surface area contributed by atoms with E-state index in [0.717, 1.165) is 6.07 Å². The Bertz CT molecular complexity index is 1330. The number of nitrogens with zero attached hydrogens (tertiary/aromatic N) is 2. The highest BCUT2D eigenvalue weighted by Gasteiger charge is 2.69. The average Bonchev–Trinajstić information content (AvgIpc) is 3.32. The van der Waals surface area contributed by atoms with E-state index in [0.29, 0.717) is 28.6 Å². The van der Waals surface area contributed by atoms with Crippen molar-refractivity contribution in [2.24, 2.45) is 11.8 Å². The van der Waals surface area contributed by atoms with Crippen molar-refractivity contribution in [1.82, 2.24) is 5.32 Å². The van der Waals surface area contributed by atoms with Crippen LogP contribution >= 0.6 is 0 Å². The molecule has 0 aliphatic carbocycles. The van der Waals surface area contributed by atoms with Crippen molar-refractivity contribution in [3.8, 4) is 11.5 Å². The van der Waals surface area contributed by atoms with Crippen LogP contribution in [0, 0.1) is 22.0 Å². The number of hydrogen-bond donors (Lipinski definition) is 3. The summed E-state index contributed by atoms with van der Waals surface area (Å²) < 4.78 is 11.1. The number of benzene rings is 2. The maximum absolute atomic E-state index is 13.6. The van der Waals surface area contributed by atoms with E-state index in [1.807, 2.05) is 0 Å². The van der Waals surface area contributed by atoms with Gasteiger partial charge in [0.2, 0.25) is 11.8 Å². The summed E-state index contributed by atoms with van der Waals surface area (Å²) in [6, 6.07) is 8.46. The summed E-state index contributed by atoms with van der Waals surface area (Å²) >= 11 is 0. The van der Waals surface area contributed by atoms with Crippen LogP contribution in [0.3, 0.4) is 0 Å². The van der Waals surface area contributed by atoms with E-state index in [4.69, 9.17) is 9.47 Å². The second kappa shape index (κ2) is 8.30. The summed E-state index contributed by atoms with van der Waals surface area (Å²) in [5.41, 5.74) is -2.40. The number of carboxylic acids is 2. The van der Waals surface area contributed by atoms with Crippen LogP contribution in [0.4, 0.5) is 11.4 Å². The molecule has 0 saturated carbocycles. The van der Waals surface area contributed by atoms with Crippen LogP contribution in [-0.4, -0.2) is 57.6 Å². The number of carbonyl (C=O) groups is 4. The molecule has 5 rings (SSSR count). The van der Waals surface area contributed by atoms with Gasteiger partial charge in [-0.05, 0) is 23.8 Å². The van der Waals surface area contributed by atoms with E-state index in [1.165, 1.54) is 18.2 Å². The number of anilines is 1. The highest BCUT2D eigenvalue weighted by atomic mass is 16.6. The Kier molecular flexibility index (Phi) is 5.36. The van der Waals surface area contributed by atoms with Gasteiger partial charge in [-0.25, -0.2) is 4.90 Å². The third-order valence-electron chi connectivity index (χ3n) is 6.69. The lowest BCUT2D eigenvalue weighted by Gasteiger charge is -2.30. The predicted molar refractivity (Wildman–Crippen MR) is 118 cm³/mol. The van der Waals surface area contributed by atoms with Crippen LogP contribution in [-0.2, 0) is 19.2 Å². The number of non-ortho nitro benzene ring substituents is 1. The van der Waals surface area contributed by atoms with Crippen molar-refractivity contribution in [3.63, 3.8) is 0 Å². The molecule has 3 aliphatic rings. The monoisotopic (exact) mass is 497 g/mol. The number of imide groups is 1. The van der Waals surface area contributed by atoms with Crippen LogP contribution in [0.2, 0.25) is 0 Å². The molecule has 4 atom stereocenters. The molecule has 186 valence electrons. The second-order valence-electron chi connectivity index (χ2n) is 8.66. The Balaban J connectivity index is 1.64. The summed E-state index contributed by atoms with van der Waals surface area (Å²) in [6.07, 6.45) is -0.980. The van der Waals surface area contributed by atoms with E-state index in [9.17, 15) is 39.5 Å². The van der Waals surface area contributed by atoms with Gasteiger partial charge in [0.05, 0.1) is 28.9 Å². The van der Waals surface area contributed by atoms with Crippen molar-refractivity contribution < 1.29 is 43.8 Å². The molecule has 4 unspecified atom stereocenters. The van der Waals surface area contributed by atoms with Crippen LogP contribution in [0.1, 0.15) is 18.0 Å². The molecular formula is C23H19N3O10. The van der Waals surface area contributed by atoms with Crippen molar-refractivity contribution in [2.45, 2.75) is 18.0 Å². The number of ether oxygens (including phenoxy) is 2. The van der Waals surface area contributed by atoms with Gasteiger partial charge in [-0.2, -0.15) is 0 Å². The Labute approximate surface area is 202 Å². The van der Waals surface area contributed by atoms with Gasteiger partial charge in [-0.3, -0.25) is 34.6 Å². The van der Waals surface area contributed by atoms with Crippen LogP contribution in [0.5, 0.6) is 11.5 Å². The van der Waals surface area contributed by atoms with Gasteiger partial charge in [0.25, 0.3) is 5.69 Å². The summed E-state index contributed by atoms with van der Waals surface area (Å²) in [5, 5.41) is 33.7. The first-order chi connectivity index (χ1) is 17.1. The lowest BCUT2D eigenvalue weighted by Crippen LogP contribution is -2.57. The van der Waals surface area contributed by atoms with Gasteiger partial charge >= 0.3 is 11.9 Å². The Hall–Kier alpha value is -4.52. The molecule has 2 saturated heterocycles. The minimum absolute atomic E-state index is 0.107. The van der Waals surface area contributed by atoms with Gasteiger partial charge in [-0.1, -0.05) is 12.1 Å². The molecule has 2 aromatic rings. The molecule has 2 amide bonds. The summed E-state index contributed by atoms with van der Waals surface area (Å²) in [5.74, 6) is -6.93. The Morgan fingerprint density at radius 1 is 1.08 bits per heavy atom. The van der Waals surface area contributed by atoms with E-state index >= 15 is 0 Å². The standard InChI is InChI=1S/C23H19N3O10/c27-16(28)10-23(22(31)32)18-17(19(24-23)11-4-5-14-15(8-11)36-7-6-35-14)20(29)25(21(18)30)12-2-1-3-13(9-12)26(33)34/h1-5,8-9,17-19,24H,6-7,10H2,(H,27,28)(H,31,32). The number of aliphatic carboxylic acids is 2.